The van der Waals surface area contributed by atoms with Crippen LogP contribution in [0.1, 0.15) is 57.7 Å². The lowest BCUT2D eigenvalue weighted by Crippen LogP contribution is -2.71. The second-order valence-electron chi connectivity index (χ2n) is 18.4. The minimum Gasteiger partial charge on any atom is -0.463 e. The molecule has 1 aliphatic carbocycles. The van der Waals surface area contributed by atoms with Crippen LogP contribution in [0.5, 0.6) is 0 Å². The van der Waals surface area contributed by atoms with Crippen LogP contribution in [-0.4, -0.2) is 162 Å². The topological polar surface area (TPSA) is 350 Å². The average molecular weight is 1090 g/mol. The molecule has 3 fully saturated rings. The van der Waals surface area contributed by atoms with Gasteiger partial charge in [0.2, 0.25) is 6.29 Å². The maximum atomic E-state index is 13.9. The lowest BCUT2D eigenvalue weighted by molar-refractivity contribution is -0.313. The monoisotopic (exact) mass is 1090 g/mol. The predicted molar refractivity (Wildman–Crippen MR) is 264 cm³/mol. The van der Waals surface area contributed by atoms with Crippen molar-refractivity contribution in [2.45, 2.75) is 140 Å². The minimum atomic E-state index is -2.01. The third kappa shape index (κ3) is 16.2. The van der Waals surface area contributed by atoms with Crippen LogP contribution in [0, 0.1) is 0 Å². The maximum absolute atomic E-state index is 13.9. The highest BCUT2D eigenvalue weighted by Gasteiger charge is 2.58. The molecule has 2 saturated heterocycles. The van der Waals surface area contributed by atoms with E-state index in [1.165, 1.54) is 14.0 Å². The van der Waals surface area contributed by atoms with Gasteiger partial charge in [-0.15, -0.1) is 0 Å². The number of likely N-dealkylation sites (N-methyl/N-ethyl adjacent to an activating group) is 1. The molecule has 0 aromatic heterocycles. The number of hydrogen-bond donors (Lipinski definition) is 4. The molecule has 3 aromatic carbocycles. The number of aliphatic hydroxyl groups is 1. The molecule has 4 N–H and O–H groups in total. The van der Waals surface area contributed by atoms with Gasteiger partial charge in [-0.2, -0.15) is 0 Å². The molecule has 13 atom stereocenters. The molecule has 27 heteroatoms. The summed E-state index contributed by atoms with van der Waals surface area (Å²) in [6.07, 6.45) is -17.6. The van der Waals surface area contributed by atoms with E-state index < -0.39 is 146 Å². The molecule has 0 radical (unpaired) electrons. The van der Waals surface area contributed by atoms with Crippen molar-refractivity contribution in [1.29, 1.82) is 0 Å². The fourth-order valence-corrected chi connectivity index (χ4v) is 9.07. The molecule has 0 bridgehead atoms. The molecule has 1 saturated carbocycles. The Bertz CT molecular complexity index is 2630. The van der Waals surface area contributed by atoms with Crippen molar-refractivity contribution < 1.29 is 96.0 Å². The number of rotatable bonds is 19. The Kier molecular flexibility index (Phi) is 21.1. The number of nitrogens with one attached hydrogen (secondary N) is 2. The Morgan fingerprint density at radius 3 is 1.63 bits per heavy atom. The fraction of sp³-hybridized carbons (Fsp3) is 0.490. The molecule has 3 amide bonds. The minimum absolute atomic E-state index is 0.185. The van der Waals surface area contributed by atoms with Crippen molar-refractivity contribution in [3.63, 3.8) is 0 Å². The highest BCUT2D eigenvalue weighted by Crippen LogP contribution is 2.37. The number of hydrogen-bond acceptors (Lipinski definition) is 22. The number of alkyl carbamates (subject to hydrolysis) is 2. The molecule has 6 rings (SSSR count). The van der Waals surface area contributed by atoms with E-state index in [0.717, 1.165) is 32.6 Å². The lowest BCUT2D eigenvalue weighted by Gasteiger charge is -2.51. The number of carbonyl (C=O) groups is 7. The summed E-state index contributed by atoms with van der Waals surface area (Å²) in [6, 6.07) is 19.7. The molecular weight excluding hydrogens is 1030 g/mol. The highest BCUT2D eigenvalue weighted by atomic mass is 16.7. The molecular formula is C51H61N7O20. The maximum Gasteiger partial charge on any atom is 0.410 e. The Labute approximate surface area is 446 Å². The van der Waals surface area contributed by atoms with Gasteiger partial charge in [-0.05, 0) is 35.6 Å². The van der Waals surface area contributed by atoms with E-state index in [9.17, 15) is 49.4 Å². The number of carbonyl (C=O) groups excluding carboxylic acids is 7. The Balaban J connectivity index is 1.45. The van der Waals surface area contributed by atoms with E-state index in [1.807, 2.05) is 0 Å². The van der Waals surface area contributed by atoms with Crippen molar-refractivity contribution in [3.8, 4) is 0 Å². The van der Waals surface area contributed by atoms with Gasteiger partial charge in [0.05, 0.1) is 18.7 Å². The summed E-state index contributed by atoms with van der Waals surface area (Å²) in [4.78, 5) is 96.4. The zero-order valence-corrected chi connectivity index (χ0v) is 43.3. The van der Waals surface area contributed by atoms with Gasteiger partial charge in [0.25, 0.3) is 0 Å². The van der Waals surface area contributed by atoms with Crippen molar-refractivity contribution in [2.24, 2.45) is 10.3 Å². The van der Waals surface area contributed by atoms with E-state index in [1.54, 1.807) is 91.0 Å². The first-order chi connectivity index (χ1) is 37.3. The predicted octanol–water partition coefficient (Wildman–Crippen LogP) is 4.09. The van der Waals surface area contributed by atoms with Crippen LogP contribution in [0.2, 0.25) is 0 Å². The van der Waals surface area contributed by atoms with E-state index in [4.69, 9.17) is 52.1 Å². The molecule has 0 unspecified atom stereocenters. The summed E-state index contributed by atoms with van der Waals surface area (Å²) in [5.74, 6) is -3.67. The summed E-state index contributed by atoms with van der Waals surface area (Å²) in [7, 11) is 1.28. The van der Waals surface area contributed by atoms with Crippen LogP contribution in [-0.2, 0) is 91.1 Å². The second-order valence-corrected chi connectivity index (χ2v) is 18.4. The van der Waals surface area contributed by atoms with Gasteiger partial charge in [-0.3, -0.25) is 19.2 Å². The largest absolute Gasteiger partial charge is 0.463 e. The number of ether oxygens (including phenoxy) is 11. The molecule has 2 aliphatic heterocycles. The summed E-state index contributed by atoms with van der Waals surface area (Å²) >= 11 is 0. The SMILES string of the molecule is CC(=O)OC[C@H]1O[C@H](O[C@H]2[C@H](OC(C)=O)[C@@H](O[C@H]3OC[C@](C)(O)[C@H](N(C)C(=O)OCc4ccccc4)[C@H]3OC(C)=O)[C@H](NC(=O)OCc3ccccc3)C[C@@H]2NC(=O)OCc2ccccc2)/C(=N\O)[C@H](N=[N+]=[N-])[C@@H]1OC(C)=O. The second kappa shape index (κ2) is 27.8. The van der Waals surface area contributed by atoms with Crippen LogP contribution in [0.4, 0.5) is 14.4 Å². The Hall–Kier alpha value is -8.07. The molecule has 3 aliphatic rings. The first-order valence-corrected chi connectivity index (χ1v) is 24.4. The van der Waals surface area contributed by atoms with Crippen molar-refractivity contribution in [1.82, 2.24) is 15.5 Å². The average Bonchev–Trinajstić information content (AvgIpc) is 3.42. The van der Waals surface area contributed by atoms with E-state index >= 15 is 0 Å². The van der Waals surface area contributed by atoms with Gasteiger partial charge in [0.15, 0.2) is 18.5 Å². The standard InChI is InChI=1S/C51H61N7O20/c1-28(59)68-26-37-42(73-29(2)60)38(55-57-52)39(56-67)46(76-37)77-40-35(53-48(63)69-23-32-16-10-7-11-17-32)22-36(54-49(64)70-24-33-18-12-8-13-19-33)41(43(40)74-30(3)61)78-47-44(75-31(4)62)45(51(5,66)27-72-47)58(6)50(65)71-25-34-20-14-9-15-21-34/h7-21,35-38,40-47,66-67H,22-27H2,1-6H3,(H,53,63)(H,54,64)/b56-39-/t35-,36+,37+,38-,40+,41-,42+,43-,44+,45+,46+,47+,51-/m0/s1. The molecule has 78 heavy (non-hydrogen) atoms. The number of esters is 4. The zero-order chi connectivity index (χ0) is 56.5. The Morgan fingerprint density at radius 2 is 1.15 bits per heavy atom. The smallest absolute Gasteiger partial charge is 0.410 e. The first-order valence-electron chi connectivity index (χ1n) is 24.4. The van der Waals surface area contributed by atoms with Gasteiger partial charge >= 0.3 is 42.2 Å². The summed E-state index contributed by atoms with van der Waals surface area (Å²) < 4.78 is 64.7. The summed E-state index contributed by atoms with van der Waals surface area (Å²) in [5, 5.41) is 34.8. The number of nitrogens with zero attached hydrogens (tertiary/aromatic N) is 5. The van der Waals surface area contributed by atoms with Crippen LogP contribution in [0.3, 0.4) is 0 Å². The van der Waals surface area contributed by atoms with Crippen molar-refractivity contribution >= 4 is 47.9 Å². The number of benzene rings is 3. The highest BCUT2D eigenvalue weighted by molar-refractivity contribution is 5.94. The lowest BCUT2D eigenvalue weighted by atomic mass is 9.82. The van der Waals surface area contributed by atoms with Gasteiger partial charge in [-0.25, -0.2) is 14.4 Å². The van der Waals surface area contributed by atoms with Crippen LogP contribution in [0.25, 0.3) is 10.4 Å². The number of oxime groups is 1. The van der Waals surface area contributed by atoms with Crippen molar-refractivity contribution in [2.75, 3.05) is 20.3 Å². The van der Waals surface area contributed by atoms with Gasteiger partial charge in [0, 0.05) is 39.7 Å². The van der Waals surface area contributed by atoms with Crippen LogP contribution in [0.15, 0.2) is 101 Å². The van der Waals surface area contributed by atoms with Gasteiger partial charge in [-0.1, -0.05) is 101 Å². The van der Waals surface area contributed by atoms with Crippen molar-refractivity contribution in [3.05, 3.63) is 118 Å². The molecule has 2 heterocycles. The van der Waals surface area contributed by atoms with Crippen LogP contribution >= 0.6 is 0 Å². The number of azide groups is 1. The molecule has 3 aromatic rings. The zero-order valence-electron chi connectivity index (χ0n) is 43.3. The normalized spacial score (nSPS) is 28.0. The molecule has 27 nitrogen and oxygen atoms in total. The van der Waals surface area contributed by atoms with Crippen LogP contribution < -0.4 is 10.6 Å². The molecule has 0 spiro atoms. The van der Waals surface area contributed by atoms with E-state index in [2.05, 4.69) is 25.8 Å². The third-order valence-corrected chi connectivity index (χ3v) is 12.4. The van der Waals surface area contributed by atoms with E-state index in [0.29, 0.717) is 16.7 Å². The fourth-order valence-electron chi connectivity index (χ4n) is 9.07. The quantitative estimate of drug-likeness (QED) is 0.0250. The summed E-state index contributed by atoms with van der Waals surface area (Å²) in [5.41, 5.74) is 8.91. The Morgan fingerprint density at radius 1 is 0.679 bits per heavy atom. The summed E-state index contributed by atoms with van der Waals surface area (Å²) in [6.45, 7) is 3.54. The van der Waals surface area contributed by atoms with E-state index in [-0.39, 0.29) is 19.8 Å². The molecule has 420 valence electrons. The number of amides is 3. The van der Waals surface area contributed by atoms with Gasteiger partial charge in [0.1, 0.15) is 74.2 Å². The first kappa shape index (κ1) is 59.2. The third-order valence-electron chi connectivity index (χ3n) is 12.4. The van der Waals surface area contributed by atoms with Gasteiger partial charge < -0.3 is 78.0 Å².